The number of fused-ring (bicyclic) bond motifs is 1. The highest BCUT2D eigenvalue weighted by Crippen LogP contribution is 2.34. The molecule has 3 nitrogen and oxygen atoms in total. The number of nitrogen functional groups attached to an aromatic ring is 1. The maximum atomic E-state index is 5.92. The molecule has 1 aliphatic rings. The Bertz CT molecular complexity index is 376. The molecule has 1 atom stereocenters. The Morgan fingerprint density at radius 1 is 1.47 bits per heavy atom. The fourth-order valence-electron chi connectivity index (χ4n) is 2.17. The first-order valence-electron chi connectivity index (χ1n) is 5.30. The second-order valence-corrected chi connectivity index (χ2v) is 4.20. The van der Waals surface area contributed by atoms with Gasteiger partial charge < -0.3 is 10.5 Å². The van der Waals surface area contributed by atoms with Crippen LogP contribution in [0, 0.1) is 0 Å². The van der Waals surface area contributed by atoms with E-state index in [2.05, 4.69) is 31.0 Å². The lowest BCUT2D eigenvalue weighted by molar-refractivity contribution is 0.247. The summed E-state index contributed by atoms with van der Waals surface area (Å²) in [6.07, 6.45) is 1.08. The van der Waals surface area contributed by atoms with E-state index in [1.54, 1.807) is 7.11 Å². The fraction of sp³-hybridized carbons (Fsp3) is 0.500. The summed E-state index contributed by atoms with van der Waals surface area (Å²) in [5.41, 5.74) is 9.36. The Morgan fingerprint density at radius 2 is 2.20 bits per heavy atom. The molecule has 0 spiro atoms. The lowest BCUT2D eigenvalue weighted by Gasteiger charge is -2.32. The number of rotatable bonds is 1. The van der Waals surface area contributed by atoms with Gasteiger partial charge in [-0.25, -0.2) is 0 Å². The number of hydrogen-bond acceptors (Lipinski definition) is 3. The maximum absolute atomic E-state index is 5.92. The van der Waals surface area contributed by atoms with Gasteiger partial charge in [0.05, 0.1) is 12.8 Å². The summed E-state index contributed by atoms with van der Waals surface area (Å²) in [4.78, 5) is 2.34. The van der Waals surface area contributed by atoms with Gasteiger partial charge in [0, 0.05) is 12.6 Å². The molecule has 0 fully saturated rings. The smallest absolute Gasteiger partial charge is 0.142 e. The van der Waals surface area contributed by atoms with Crippen molar-refractivity contribution in [2.24, 2.45) is 0 Å². The molecular weight excluding hydrogens is 188 g/mol. The molecule has 82 valence electrons. The third kappa shape index (κ3) is 1.67. The minimum atomic E-state index is 0.446. The quantitative estimate of drug-likeness (QED) is 0.712. The van der Waals surface area contributed by atoms with Crippen molar-refractivity contribution in [3.63, 3.8) is 0 Å². The molecule has 0 aliphatic carbocycles. The Labute approximate surface area is 90.8 Å². The predicted molar refractivity (Wildman–Crippen MR) is 62.2 cm³/mol. The Morgan fingerprint density at radius 3 is 2.87 bits per heavy atom. The van der Waals surface area contributed by atoms with E-state index in [0.717, 1.165) is 24.4 Å². The Kier molecular flexibility index (Phi) is 2.57. The zero-order chi connectivity index (χ0) is 11.0. The fourth-order valence-corrected chi connectivity index (χ4v) is 2.17. The first kappa shape index (κ1) is 10.3. The molecule has 0 saturated heterocycles. The van der Waals surface area contributed by atoms with Crippen LogP contribution in [0.2, 0.25) is 0 Å². The van der Waals surface area contributed by atoms with Crippen molar-refractivity contribution in [1.29, 1.82) is 0 Å². The van der Waals surface area contributed by atoms with E-state index >= 15 is 0 Å². The molecule has 1 aromatic rings. The second-order valence-electron chi connectivity index (χ2n) is 4.20. The second kappa shape index (κ2) is 3.74. The minimum Gasteiger partial charge on any atom is -0.495 e. The van der Waals surface area contributed by atoms with Gasteiger partial charge in [-0.15, -0.1) is 0 Å². The summed E-state index contributed by atoms with van der Waals surface area (Å²) in [6.45, 7) is 3.31. The summed E-state index contributed by atoms with van der Waals surface area (Å²) in [5.74, 6) is 0.797. The van der Waals surface area contributed by atoms with Gasteiger partial charge in [-0.1, -0.05) is 0 Å². The lowest BCUT2D eigenvalue weighted by atomic mass is 9.93. The first-order chi connectivity index (χ1) is 7.13. The molecular formula is C12H18N2O. The van der Waals surface area contributed by atoms with Crippen LogP contribution in [0.25, 0.3) is 0 Å². The number of benzene rings is 1. The topological polar surface area (TPSA) is 38.5 Å². The van der Waals surface area contributed by atoms with Crippen LogP contribution in [-0.4, -0.2) is 25.6 Å². The number of ether oxygens (including phenoxy) is 1. The van der Waals surface area contributed by atoms with Gasteiger partial charge in [0.1, 0.15) is 5.75 Å². The standard InChI is InChI=1S/C12H18N2O/c1-8-10-7-11(13)12(15-3)6-9(10)4-5-14(8)2/h6-8H,4-5,13H2,1-3H3. The van der Waals surface area contributed by atoms with Crippen molar-refractivity contribution in [1.82, 2.24) is 4.90 Å². The molecule has 0 radical (unpaired) electrons. The summed E-state index contributed by atoms with van der Waals surface area (Å²) in [7, 11) is 3.81. The van der Waals surface area contributed by atoms with Crippen LogP contribution < -0.4 is 10.5 Å². The Hall–Kier alpha value is -1.22. The molecule has 0 amide bonds. The number of hydrogen-bond donors (Lipinski definition) is 1. The van der Waals surface area contributed by atoms with Gasteiger partial charge >= 0.3 is 0 Å². The zero-order valence-corrected chi connectivity index (χ0v) is 9.58. The van der Waals surface area contributed by atoms with E-state index in [4.69, 9.17) is 10.5 Å². The molecule has 1 aromatic carbocycles. The molecule has 0 saturated carbocycles. The number of anilines is 1. The van der Waals surface area contributed by atoms with E-state index in [0.29, 0.717) is 6.04 Å². The van der Waals surface area contributed by atoms with Crippen LogP contribution in [0.3, 0.4) is 0 Å². The SMILES string of the molecule is COc1cc2c(cc1N)C(C)N(C)CC2. The van der Waals surface area contributed by atoms with Gasteiger partial charge in [0.15, 0.2) is 0 Å². The third-order valence-corrected chi connectivity index (χ3v) is 3.34. The molecule has 3 heteroatoms. The molecule has 2 rings (SSSR count). The van der Waals surface area contributed by atoms with Gasteiger partial charge in [0.2, 0.25) is 0 Å². The van der Waals surface area contributed by atoms with Crippen molar-refractivity contribution in [2.45, 2.75) is 19.4 Å². The van der Waals surface area contributed by atoms with Crippen molar-refractivity contribution in [3.8, 4) is 5.75 Å². The molecule has 1 aliphatic heterocycles. The summed E-state index contributed by atoms with van der Waals surface area (Å²) in [5, 5.41) is 0. The number of methoxy groups -OCH3 is 1. The Balaban J connectivity index is 2.47. The largest absolute Gasteiger partial charge is 0.495 e. The molecule has 2 N–H and O–H groups in total. The van der Waals surface area contributed by atoms with Crippen LogP contribution in [0.15, 0.2) is 12.1 Å². The molecule has 0 aromatic heterocycles. The predicted octanol–water partition coefficient (Wildman–Crippen LogP) is 1.83. The average molecular weight is 206 g/mol. The zero-order valence-electron chi connectivity index (χ0n) is 9.58. The maximum Gasteiger partial charge on any atom is 0.142 e. The van der Waals surface area contributed by atoms with Crippen LogP contribution in [-0.2, 0) is 6.42 Å². The summed E-state index contributed by atoms with van der Waals surface area (Å²) >= 11 is 0. The highest BCUT2D eigenvalue weighted by atomic mass is 16.5. The van der Waals surface area contributed by atoms with Crippen LogP contribution in [0.5, 0.6) is 5.75 Å². The van der Waals surface area contributed by atoms with Crippen LogP contribution in [0.4, 0.5) is 5.69 Å². The van der Waals surface area contributed by atoms with Crippen LogP contribution in [0.1, 0.15) is 24.1 Å². The van der Waals surface area contributed by atoms with Crippen molar-refractivity contribution in [3.05, 3.63) is 23.3 Å². The molecule has 15 heavy (non-hydrogen) atoms. The summed E-state index contributed by atoms with van der Waals surface area (Å²) < 4.78 is 5.23. The van der Waals surface area contributed by atoms with E-state index < -0.39 is 0 Å². The third-order valence-electron chi connectivity index (χ3n) is 3.34. The number of nitrogens with two attached hydrogens (primary N) is 1. The normalized spacial score (nSPS) is 21.1. The van der Waals surface area contributed by atoms with Crippen molar-refractivity contribution >= 4 is 5.69 Å². The van der Waals surface area contributed by atoms with Crippen LogP contribution >= 0.6 is 0 Å². The minimum absolute atomic E-state index is 0.446. The monoisotopic (exact) mass is 206 g/mol. The average Bonchev–Trinajstić information content (AvgIpc) is 2.24. The molecule has 1 heterocycles. The number of nitrogens with zero attached hydrogens (tertiary/aromatic N) is 1. The van der Waals surface area contributed by atoms with E-state index in [1.165, 1.54) is 11.1 Å². The highest BCUT2D eigenvalue weighted by molar-refractivity contribution is 5.58. The molecule has 0 bridgehead atoms. The van der Waals surface area contributed by atoms with Gasteiger partial charge in [0.25, 0.3) is 0 Å². The summed E-state index contributed by atoms with van der Waals surface area (Å²) in [6, 6.07) is 4.57. The lowest BCUT2D eigenvalue weighted by Crippen LogP contribution is -2.30. The van der Waals surface area contributed by atoms with Gasteiger partial charge in [-0.05, 0) is 43.7 Å². The van der Waals surface area contributed by atoms with E-state index in [9.17, 15) is 0 Å². The first-order valence-corrected chi connectivity index (χ1v) is 5.30. The van der Waals surface area contributed by atoms with Crippen molar-refractivity contribution < 1.29 is 4.74 Å². The van der Waals surface area contributed by atoms with Gasteiger partial charge in [-0.2, -0.15) is 0 Å². The highest BCUT2D eigenvalue weighted by Gasteiger charge is 2.22. The van der Waals surface area contributed by atoms with Crippen molar-refractivity contribution in [2.75, 3.05) is 26.4 Å². The molecule has 1 unspecified atom stereocenters. The van der Waals surface area contributed by atoms with E-state index in [1.807, 2.05) is 0 Å². The van der Waals surface area contributed by atoms with E-state index in [-0.39, 0.29) is 0 Å². The number of likely N-dealkylation sites (N-methyl/N-ethyl adjacent to an activating group) is 1. The van der Waals surface area contributed by atoms with Gasteiger partial charge in [-0.3, -0.25) is 4.90 Å².